The topological polar surface area (TPSA) is 57.6 Å². The minimum absolute atomic E-state index is 0.0699. The van der Waals surface area contributed by atoms with E-state index in [0.29, 0.717) is 24.7 Å². The van der Waals surface area contributed by atoms with Gasteiger partial charge in [-0.15, -0.1) is 0 Å². The van der Waals surface area contributed by atoms with Crippen LogP contribution in [0.2, 0.25) is 0 Å². The van der Waals surface area contributed by atoms with Gasteiger partial charge < -0.3 is 29.1 Å². The number of morpholine rings is 1. The van der Waals surface area contributed by atoms with E-state index >= 15 is 0 Å². The van der Waals surface area contributed by atoms with E-state index in [1.165, 1.54) is 18.5 Å². The number of rotatable bonds is 3. The third-order valence-electron chi connectivity index (χ3n) is 7.90. The van der Waals surface area contributed by atoms with Crippen LogP contribution in [0.4, 0.5) is 5.69 Å². The van der Waals surface area contributed by atoms with Crippen LogP contribution in [-0.2, 0) is 4.74 Å². The molecule has 158 valence electrons. The molecule has 1 aromatic carbocycles. The van der Waals surface area contributed by atoms with Crippen molar-refractivity contribution in [2.24, 2.45) is 11.8 Å². The van der Waals surface area contributed by atoms with Gasteiger partial charge in [-0.3, -0.25) is 4.90 Å². The van der Waals surface area contributed by atoms with Crippen molar-refractivity contribution in [2.75, 3.05) is 64.6 Å². The molecule has 5 aliphatic heterocycles. The zero-order valence-corrected chi connectivity index (χ0v) is 17.1. The highest BCUT2D eigenvalue weighted by Crippen LogP contribution is 2.49. The zero-order chi connectivity index (χ0) is 19.6. The minimum Gasteiger partial charge on any atom is -0.454 e. The smallest absolute Gasteiger partial charge is 0.231 e. The molecular weight excluding hydrogens is 370 g/mol. The number of likely N-dealkylation sites (tertiary alicyclic amines) is 2. The number of benzene rings is 1. The van der Waals surface area contributed by atoms with Crippen molar-refractivity contribution in [3.05, 3.63) is 18.2 Å². The first-order chi connectivity index (χ1) is 14.1. The van der Waals surface area contributed by atoms with Crippen molar-refractivity contribution >= 4 is 5.69 Å². The summed E-state index contributed by atoms with van der Waals surface area (Å²) in [4.78, 5) is 7.54. The van der Waals surface area contributed by atoms with Gasteiger partial charge in [0.25, 0.3) is 0 Å². The highest BCUT2D eigenvalue weighted by atomic mass is 16.7. The fourth-order valence-corrected chi connectivity index (χ4v) is 6.55. The number of likely N-dealkylation sites (N-methyl/N-ethyl adjacent to an activating group) is 1. The van der Waals surface area contributed by atoms with E-state index in [1.54, 1.807) is 0 Å². The number of anilines is 1. The summed E-state index contributed by atoms with van der Waals surface area (Å²) in [5, 5.41) is 10.0. The molecule has 4 fully saturated rings. The molecule has 5 aliphatic rings. The Morgan fingerprint density at radius 2 is 1.93 bits per heavy atom. The van der Waals surface area contributed by atoms with E-state index in [9.17, 15) is 5.11 Å². The Kier molecular flexibility index (Phi) is 4.24. The summed E-state index contributed by atoms with van der Waals surface area (Å²) in [6.07, 6.45) is 2.53. The summed E-state index contributed by atoms with van der Waals surface area (Å²) < 4.78 is 17.5. The average molecular weight is 402 g/mol. The first-order valence-electron chi connectivity index (χ1n) is 11.0. The van der Waals surface area contributed by atoms with Gasteiger partial charge in [0.1, 0.15) is 0 Å². The number of piperidine rings is 1. The van der Waals surface area contributed by atoms with Crippen LogP contribution in [0.25, 0.3) is 0 Å². The Hall–Kier alpha value is -1.54. The molecule has 4 saturated heterocycles. The SMILES string of the molecule is CN1C[C@@H]2[C@H](CO)[C@H]3CN(C4CCN(c5ccc6c(c5)OCO6)CC4)C[C@]2(C1)O3. The summed E-state index contributed by atoms with van der Waals surface area (Å²) in [6.45, 7) is 6.74. The fraction of sp³-hybridized carbons (Fsp3) is 0.727. The van der Waals surface area contributed by atoms with E-state index in [2.05, 4.69) is 33.9 Å². The molecule has 0 amide bonds. The van der Waals surface area contributed by atoms with Crippen molar-refractivity contribution in [3.8, 4) is 11.5 Å². The summed E-state index contributed by atoms with van der Waals surface area (Å²) in [5.41, 5.74) is 1.16. The molecule has 0 radical (unpaired) electrons. The first kappa shape index (κ1) is 18.2. The highest BCUT2D eigenvalue weighted by Gasteiger charge is 2.62. The second kappa shape index (κ2) is 6.74. The van der Waals surface area contributed by atoms with Gasteiger partial charge in [0.15, 0.2) is 11.5 Å². The van der Waals surface area contributed by atoms with E-state index in [4.69, 9.17) is 14.2 Å². The maximum absolute atomic E-state index is 10.0. The van der Waals surface area contributed by atoms with Crippen molar-refractivity contribution in [1.29, 1.82) is 0 Å². The number of hydrogen-bond acceptors (Lipinski definition) is 7. The molecular formula is C22H31N3O4. The molecule has 4 atom stereocenters. The summed E-state index contributed by atoms with van der Waals surface area (Å²) in [5.74, 6) is 2.47. The number of hydrogen-bond donors (Lipinski definition) is 1. The Bertz CT molecular complexity index is 783. The molecule has 0 aliphatic carbocycles. The lowest BCUT2D eigenvalue weighted by Gasteiger charge is -2.46. The van der Waals surface area contributed by atoms with Crippen LogP contribution in [0.3, 0.4) is 0 Å². The molecule has 2 bridgehead atoms. The number of nitrogens with zero attached hydrogens (tertiary/aromatic N) is 3. The lowest BCUT2D eigenvalue weighted by molar-refractivity contribution is -0.127. The van der Waals surface area contributed by atoms with E-state index < -0.39 is 0 Å². The Labute approximate surface area is 172 Å². The third kappa shape index (κ3) is 2.86. The van der Waals surface area contributed by atoms with Gasteiger partial charge in [0, 0.05) is 75.5 Å². The average Bonchev–Trinajstić information content (AvgIpc) is 3.37. The molecule has 7 nitrogen and oxygen atoms in total. The molecule has 7 heteroatoms. The van der Waals surface area contributed by atoms with Gasteiger partial charge in [-0.2, -0.15) is 0 Å². The second-order valence-corrected chi connectivity index (χ2v) is 9.56. The standard InChI is InChI=1S/C22H31N3O4/c1-23-9-18-17(11-26)21-10-25(13-22(18,12-23)29-21)15-4-6-24(7-5-15)16-2-3-19-20(8-16)28-14-27-19/h2-3,8,15,17-18,21,26H,4-7,9-14H2,1H3/t17-,18+,21+,22-/m0/s1. The summed E-state index contributed by atoms with van der Waals surface area (Å²) >= 11 is 0. The molecule has 1 aromatic rings. The van der Waals surface area contributed by atoms with Crippen LogP contribution in [0.15, 0.2) is 18.2 Å². The zero-order valence-electron chi connectivity index (χ0n) is 17.1. The second-order valence-electron chi connectivity index (χ2n) is 9.56. The molecule has 5 heterocycles. The molecule has 1 N–H and O–H groups in total. The van der Waals surface area contributed by atoms with Crippen LogP contribution < -0.4 is 14.4 Å². The lowest BCUT2D eigenvalue weighted by Crippen LogP contribution is -2.58. The maximum Gasteiger partial charge on any atom is 0.231 e. The van der Waals surface area contributed by atoms with Gasteiger partial charge in [0.05, 0.1) is 11.7 Å². The van der Waals surface area contributed by atoms with Crippen molar-refractivity contribution in [3.63, 3.8) is 0 Å². The molecule has 0 unspecified atom stereocenters. The van der Waals surface area contributed by atoms with E-state index in [1.807, 2.05) is 6.07 Å². The van der Waals surface area contributed by atoms with Gasteiger partial charge in [-0.1, -0.05) is 0 Å². The van der Waals surface area contributed by atoms with Gasteiger partial charge >= 0.3 is 0 Å². The number of aliphatic hydroxyl groups is 1. The normalized spacial score (nSPS) is 37.3. The Morgan fingerprint density at radius 3 is 2.76 bits per heavy atom. The quantitative estimate of drug-likeness (QED) is 0.811. The van der Waals surface area contributed by atoms with Gasteiger partial charge in [-0.05, 0) is 32.0 Å². The van der Waals surface area contributed by atoms with Crippen molar-refractivity contribution < 1.29 is 19.3 Å². The van der Waals surface area contributed by atoms with Crippen LogP contribution >= 0.6 is 0 Å². The van der Waals surface area contributed by atoms with Crippen LogP contribution in [0.5, 0.6) is 11.5 Å². The number of fused-ring (bicyclic) bond motifs is 2. The minimum atomic E-state index is -0.0699. The molecule has 0 saturated carbocycles. The number of aliphatic hydroxyl groups excluding tert-OH is 1. The molecule has 0 aromatic heterocycles. The van der Waals surface area contributed by atoms with E-state index in [0.717, 1.165) is 50.8 Å². The Balaban J connectivity index is 1.14. The number of ether oxygens (including phenoxy) is 3. The van der Waals surface area contributed by atoms with Gasteiger partial charge in [-0.25, -0.2) is 0 Å². The predicted molar refractivity (Wildman–Crippen MR) is 109 cm³/mol. The Morgan fingerprint density at radius 1 is 1.10 bits per heavy atom. The predicted octanol–water partition coefficient (Wildman–Crippen LogP) is 1.01. The maximum atomic E-state index is 10.0. The first-order valence-corrected chi connectivity index (χ1v) is 11.0. The largest absolute Gasteiger partial charge is 0.454 e. The van der Waals surface area contributed by atoms with Crippen molar-refractivity contribution in [2.45, 2.75) is 30.6 Å². The molecule has 6 rings (SSSR count). The fourth-order valence-electron chi connectivity index (χ4n) is 6.55. The van der Waals surface area contributed by atoms with Crippen molar-refractivity contribution in [1.82, 2.24) is 9.80 Å². The summed E-state index contributed by atoms with van der Waals surface area (Å²) in [6, 6.07) is 6.88. The van der Waals surface area contributed by atoms with E-state index in [-0.39, 0.29) is 18.3 Å². The monoisotopic (exact) mass is 401 g/mol. The highest BCUT2D eigenvalue weighted by molar-refractivity contribution is 5.57. The van der Waals surface area contributed by atoms with Gasteiger partial charge in [0.2, 0.25) is 6.79 Å². The van der Waals surface area contributed by atoms with Crippen LogP contribution in [0, 0.1) is 11.8 Å². The molecule has 1 spiro atoms. The van der Waals surface area contributed by atoms with Crippen LogP contribution in [-0.4, -0.2) is 92.4 Å². The lowest BCUT2D eigenvalue weighted by atomic mass is 9.83. The summed E-state index contributed by atoms with van der Waals surface area (Å²) in [7, 11) is 2.18. The van der Waals surface area contributed by atoms with Crippen LogP contribution in [0.1, 0.15) is 12.8 Å². The third-order valence-corrected chi connectivity index (χ3v) is 7.90. The molecule has 29 heavy (non-hydrogen) atoms.